The molecule has 1 amide bonds. The van der Waals surface area contributed by atoms with E-state index in [4.69, 9.17) is 4.74 Å². The number of rotatable bonds is 8. The van der Waals surface area contributed by atoms with Crippen molar-refractivity contribution in [2.45, 2.75) is 79.0 Å². The van der Waals surface area contributed by atoms with Crippen LogP contribution in [-0.4, -0.2) is 53.7 Å². The number of carbonyl (C=O) groups is 1. The third-order valence-electron chi connectivity index (χ3n) is 4.07. The van der Waals surface area contributed by atoms with Crippen LogP contribution in [-0.2, 0) is 11.3 Å². The molecule has 0 aliphatic heterocycles. The van der Waals surface area contributed by atoms with Crippen LogP contribution in [0, 0.1) is 0 Å². The molecule has 1 unspecified atom stereocenters. The number of guanidine groups is 1. The molecular formula is C20H38IN5O2S. The number of hydrogen-bond acceptors (Lipinski definition) is 5. The first kappa shape index (κ1) is 27.9. The predicted octanol–water partition coefficient (Wildman–Crippen LogP) is 4.59. The average Bonchev–Trinajstić information content (AvgIpc) is 3.06. The van der Waals surface area contributed by atoms with Crippen molar-refractivity contribution in [3.05, 3.63) is 16.1 Å². The van der Waals surface area contributed by atoms with Gasteiger partial charge in [-0.15, -0.1) is 35.3 Å². The van der Waals surface area contributed by atoms with Gasteiger partial charge in [0.25, 0.3) is 0 Å². The zero-order chi connectivity index (χ0) is 21.3. The highest BCUT2D eigenvalue weighted by molar-refractivity contribution is 14.0. The lowest BCUT2D eigenvalue weighted by Gasteiger charge is -2.28. The molecule has 0 aromatic carbocycles. The SMILES string of the molecule is CCNC(=NCc1nc(C(C)C)cs1)NCCC(C)N(C)C(=O)OC(C)(C)C.I. The molecule has 1 rings (SSSR count). The van der Waals surface area contributed by atoms with Gasteiger partial charge in [0.2, 0.25) is 0 Å². The number of nitrogens with zero attached hydrogens (tertiary/aromatic N) is 3. The summed E-state index contributed by atoms with van der Waals surface area (Å²) >= 11 is 1.65. The van der Waals surface area contributed by atoms with Gasteiger partial charge in [0.1, 0.15) is 10.6 Å². The number of carbonyl (C=O) groups excluding carboxylic acids is 1. The summed E-state index contributed by atoms with van der Waals surface area (Å²) in [5.74, 6) is 1.19. The van der Waals surface area contributed by atoms with Crippen molar-refractivity contribution in [3.63, 3.8) is 0 Å². The summed E-state index contributed by atoms with van der Waals surface area (Å²) < 4.78 is 5.42. The van der Waals surface area contributed by atoms with Gasteiger partial charge in [0.05, 0.1) is 12.2 Å². The molecule has 168 valence electrons. The smallest absolute Gasteiger partial charge is 0.410 e. The van der Waals surface area contributed by atoms with E-state index in [0.717, 1.165) is 29.6 Å². The summed E-state index contributed by atoms with van der Waals surface area (Å²) in [6.45, 7) is 16.0. The third kappa shape index (κ3) is 11.0. The number of hydrogen-bond donors (Lipinski definition) is 2. The summed E-state index contributed by atoms with van der Waals surface area (Å²) in [5.41, 5.74) is 0.631. The molecule has 29 heavy (non-hydrogen) atoms. The Balaban J connectivity index is 0.00000784. The first-order valence-electron chi connectivity index (χ1n) is 9.95. The van der Waals surface area contributed by atoms with Crippen molar-refractivity contribution < 1.29 is 9.53 Å². The monoisotopic (exact) mass is 539 g/mol. The van der Waals surface area contributed by atoms with Gasteiger partial charge in [-0.25, -0.2) is 14.8 Å². The Morgan fingerprint density at radius 1 is 1.31 bits per heavy atom. The Bertz CT molecular complexity index is 643. The van der Waals surface area contributed by atoms with Crippen molar-refractivity contribution in [2.75, 3.05) is 20.1 Å². The van der Waals surface area contributed by atoms with Gasteiger partial charge in [-0.05, 0) is 47.0 Å². The van der Waals surface area contributed by atoms with Gasteiger partial charge in [0, 0.05) is 31.6 Å². The maximum Gasteiger partial charge on any atom is 0.410 e. The Kier molecular flexibility index (Phi) is 12.7. The van der Waals surface area contributed by atoms with Crippen molar-refractivity contribution in [3.8, 4) is 0 Å². The number of aliphatic imine (C=N–C) groups is 1. The first-order chi connectivity index (χ1) is 13.0. The number of aromatic nitrogens is 1. The third-order valence-corrected chi connectivity index (χ3v) is 4.93. The zero-order valence-electron chi connectivity index (χ0n) is 19.0. The Morgan fingerprint density at radius 2 is 1.97 bits per heavy atom. The predicted molar refractivity (Wildman–Crippen MR) is 133 cm³/mol. The second-order valence-electron chi connectivity index (χ2n) is 8.17. The van der Waals surface area contributed by atoms with Gasteiger partial charge >= 0.3 is 6.09 Å². The van der Waals surface area contributed by atoms with E-state index in [2.05, 4.69) is 39.8 Å². The lowest BCUT2D eigenvalue weighted by molar-refractivity contribution is 0.0230. The number of ether oxygens (including phenoxy) is 1. The summed E-state index contributed by atoms with van der Waals surface area (Å²) in [7, 11) is 1.77. The number of amides is 1. The largest absolute Gasteiger partial charge is 0.444 e. The van der Waals surface area contributed by atoms with Gasteiger partial charge in [-0.2, -0.15) is 0 Å². The van der Waals surface area contributed by atoms with Crippen LogP contribution in [0.5, 0.6) is 0 Å². The first-order valence-corrected chi connectivity index (χ1v) is 10.8. The average molecular weight is 540 g/mol. The van der Waals surface area contributed by atoms with Crippen LogP contribution in [0.3, 0.4) is 0 Å². The van der Waals surface area contributed by atoms with Crippen LogP contribution in [0.4, 0.5) is 4.79 Å². The molecule has 0 fully saturated rings. The van der Waals surface area contributed by atoms with Crippen LogP contribution in [0.2, 0.25) is 0 Å². The topological polar surface area (TPSA) is 78.9 Å². The van der Waals surface area contributed by atoms with E-state index in [0.29, 0.717) is 19.0 Å². The molecule has 1 atom stereocenters. The van der Waals surface area contributed by atoms with Crippen molar-refractivity contribution in [1.82, 2.24) is 20.5 Å². The summed E-state index contributed by atoms with van der Waals surface area (Å²) in [5, 5.41) is 9.69. The highest BCUT2D eigenvalue weighted by Crippen LogP contribution is 2.18. The minimum Gasteiger partial charge on any atom is -0.444 e. The van der Waals surface area contributed by atoms with Crippen LogP contribution in [0.1, 0.15) is 71.5 Å². The lowest BCUT2D eigenvalue weighted by atomic mass is 10.2. The Labute approximate surface area is 197 Å². The molecule has 0 radical (unpaired) electrons. The minimum absolute atomic E-state index is 0. The van der Waals surface area contributed by atoms with Crippen LogP contribution in [0.25, 0.3) is 0 Å². The minimum atomic E-state index is -0.487. The molecule has 1 aromatic heterocycles. The normalized spacial score (nSPS) is 12.9. The molecule has 0 bridgehead atoms. The zero-order valence-corrected chi connectivity index (χ0v) is 22.2. The van der Waals surface area contributed by atoms with Gasteiger partial charge < -0.3 is 20.3 Å². The fourth-order valence-electron chi connectivity index (χ4n) is 2.26. The molecule has 0 spiro atoms. The quantitative estimate of drug-likeness (QED) is 0.287. The highest BCUT2D eigenvalue weighted by Gasteiger charge is 2.22. The molecule has 9 heteroatoms. The van der Waals surface area contributed by atoms with Gasteiger partial charge in [0.15, 0.2) is 5.96 Å². The molecule has 0 saturated carbocycles. The second-order valence-corrected chi connectivity index (χ2v) is 9.11. The van der Waals surface area contributed by atoms with E-state index in [1.54, 1.807) is 23.3 Å². The highest BCUT2D eigenvalue weighted by atomic mass is 127. The molecule has 1 heterocycles. The van der Waals surface area contributed by atoms with E-state index in [9.17, 15) is 4.79 Å². The van der Waals surface area contributed by atoms with Gasteiger partial charge in [-0.1, -0.05) is 13.8 Å². The number of thiazole rings is 1. The maximum absolute atomic E-state index is 12.2. The van der Waals surface area contributed by atoms with Crippen molar-refractivity contribution >= 4 is 47.4 Å². The molecule has 0 aliphatic rings. The van der Waals surface area contributed by atoms with E-state index >= 15 is 0 Å². The van der Waals surface area contributed by atoms with Crippen molar-refractivity contribution in [1.29, 1.82) is 0 Å². The second kappa shape index (κ2) is 13.3. The molecule has 2 N–H and O–H groups in total. The maximum atomic E-state index is 12.2. The standard InChI is InChI=1S/C20H37N5O2S.HI/c1-9-21-18(23-12-17-24-16(13-28-17)14(2)3)22-11-10-15(4)25(8)19(26)27-20(5,6)7;/h13-15H,9-12H2,1-8H3,(H2,21,22,23);1H. The Morgan fingerprint density at radius 3 is 2.48 bits per heavy atom. The molecular weight excluding hydrogens is 501 g/mol. The Hall–Kier alpha value is -1.10. The number of nitrogens with one attached hydrogen (secondary N) is 2. The van der Waals surface area contributed by atoms with Gasteiger partial charge in [-0.3, -0.25) is 0 Å². The van der Waals surface area contributed by atoms with E-state index < -0.39 is 5.60 Å². The lowest BCUT2D eigenvalue weighted by Crippen LogP contribution is -2.42. The van der Waals surface area contributed by atoms with E-state index in [1.807, 2.05) is 34.6 Å². The summed E-state index contributed by atoms with van der Waals surface area (Å²) in [4.78, 5) is 23.0. The molecule has 7 nitrogen and oxygen atoms in total. The fourth-order valence-corrected chi connectivity index (χ4v) is 3.14. The van der Waals surface area contributed by atoms with E-state index in [-0.39, 0.29) is 36.1 Å². The molecule has 0 saturated heterocycles. The van der Waals surface area contributed by atoms with Crippen molar-refractivity contribution in [2.24, 2.45) is 4.99 Å². The summed E-state index contributed by atoms with van der Waals surface area (Å²) in [6.07, 6.45) is 0.486. The van der Waals surface area contributed by atoms with Crippen LogP contribution < -0.4 is 10.6 Å². The number of halogens is 1. The molecule has 1 aromatic rings. The molecule has 0 aliphatic carbocycles. The van der Waals surface area contributed by atoms with Crippen LogP contribution >= 0.6 is 35.3 Å². The van der Waals surface area contributed by atoms with Crippen LogP contribution in [0.15, 0.2) is 10.4 Å². The van der Waals surface area contributed by atoms with E-state index in [1.165, 1.54) is 0 Å². The fraction of sp³-hybridized carbons (Fsp3) is 0.750. The summed E-state index contributed by atoms with van der Waals surface area (Å²) in [6, 6.07) is 0.0535.